The summed E-state index contributed by atoms with van der Waals surface area (Å²) in [7, 11) is -1.23. The molecule has 5 heteroatoms. The number of ether oxygens (including phenoxy) is 1. The highest BCUT2D eigenvalue weighted by atomic mass is 35.5. The molecular formula is C14H20ClNO2S. The van der Waals surface area contributed by atoms with E-state index in [1.165, 1.54) is 0 Å². The quantitative estimate of drug-likeness (QED) is 0.852. The predicted molar refractivity (Wildman–Crippen MR) is 79.9 cm³/mol. The maximum atomic E-state index is 12.8. The van der Waals surface area contributed by atoms with Crippen LogP contribution in [-0.2, 0) is 15.5 Å². The molecule has 19 heavy (non-hydrogen) atoms. The van der Waals surface area contributed by atoms with Crippen molar-refractivity contribution < 1.29 is 8.95 Å². The summed E-state index contributed by atoms with van der Waals surface area (Å²) in [6, 6.07) is 5.10. The zero-order valence-corrected chi connectivity index (χ0v) is 13.3. The van der Waals surface area contributed by atoms with Crippen LogP contribution in [0.4, 0.5) is 5.69 Å². The Hall–Kier alpha value is -0.580. The van der Waals surface area contributed by atoms with Crippen LogP contribution in [0.5, 0.6) is 0 Å². The minimum atomic E-state index is -1.23. The van der Waals surface area contributed by atoms with E-state index in [-0.39, 0.29) is 10.9 Å². The van der Waals surface area contributed by atoms with E-state index >= 15 is 0 Å². The third kappa shape index (κ3) is 2.96. The second kappa shape index (κ2) is 4.76. The molecule has 0 spiro atoms. The fourth-order valence-corrected chi connectivity index (χ4v) is 4.95. The topological polar surface area (TPSA) is 52.3 Å². The van der Waals surface area contributed by atoms with Crippen LogP contribution in [-0.4, -0.2) is 20.7 Å². The number of hydrogen-bond acceptors (Lipinski definition) is 3. The van der Waals surface area contributed by atoms with Crippen LogP contribution in [0.15, 0.2) is 23.1 Å². The molecule has 1 aromatic carbocycles. The molecule has 106 valence electrons. The van der Waals surface area contributed by atoms with E-state index in [1.807, 2.05) is 27.7 Å². The van der Waals surface area contributed by atoms with Crippen molar-refractivity contribution in [2.24, 2.45) is 0 Å². The number of hydrogen-bond donors (Lipinski definition) is 1. The SMILES string of the molecule is CC1(C)CC(S(=O)c2cc(N)ccc2Cl)C(C)(C)O1. The minimum absolute atomic E-state index is 0.0956. The smallest absolute Gasteiger partial charge is 0.0781 e. The van der Waals surface area contributed by atoms with Gasteiger partial charge in [0.05, 0.1) is 37.2 Å². The van der Waals surface area contributed by atoms with Gasteiger partial charge in [0.25, 0.3) is 0 Å². The van der Waals surface area contributed by atoms with Gasteiger partial charge in [-0.2, -0.15) is 0 Å². The van der Waals surface area contributed by atoms with Crippen LogP contribution in [0.25, 0.3) is 0 Å². The molecule has 3 nitrogen and oxygen atoms in total. The highest BCUT2D eigenvalue weighted by Gasteiger charge is 2.49. The molecular weight excluding hydrogens is 282 g/mol. The summed E-state index contributed by atoms with van der Waals surface area (Å²) in [5.41, 5.74) is 5.62. The van der Waals surface area contributed by atoms with Gasteiger partial charge in [0.1, 0.15) is 0 Å². The number of nitrogens with two attached hydrogens (primary N) is 1. The summed E-state index contributed by atoms with van der Waals surface area (Å²) in [6.45, 7) is 7.99. The molecule has 1 aromatic rings. The van der Waals surface area contributed by atoms with Gasteiger partial charge in [-0.25, -0.2) is 0 Å². The van der Waals surface area contributed by atoms with Crippen molar-refractivity contribution in [2.45, 2.75) is 55.5 Å². The van der Waals surface area contributed by atoms with Crippen LogP contribution >= 0.6 is 11.6 Å². The van der Waals surface area contributed by atoms with Crippen LogP contribution < -0.4 is 5.73 Å². The van der Waals surface area contributed by atoms with Crippen molar-refractivity contribution in [1.82, 2.24) is 0 Å². The molecule has 1 aliphatic rings. The van der Waals surface area contributed by atoms with Gasteiger partial charge in [0.15, 0.2) is 0 Å². The van der Waals surface area contributed by atoms with E-state index < -0.39 is 16.4 Å². The van der Waals surface area contributed by atoms with E-state index in [9.17, 15) is 4.21 Å². The Morgan fingerprint density at radius 1 is 1.37 bits per heavy atom. The lowest BCUT2D eigenvalue weighted by molar-refractivity contribution is -0.0633. The van der Waals surface area contributed by atoms with Crippen LogP contribution in [0, 0.1) is 0 Å². The third-order valence-corrected chi connectivity index (χ3v) is 5.89. The number of anilines is 1. The Morgan fingerprint density at radius 3 is 2.53 bits per heavy atom. The number of halogens is 1. The molecule has 2 N–H and O–H groups in total. The summed E-state index contributed by atoms with van der Waals surface area (Å²) in [5.74, 6) is 0. The van der Waals surface area contributed by atoms with Crippen molar-refractivity contribution in [3.05, 3.63) is 23.2 Å². The molecule has 0 radical (unpaired) electrons. The minimum Gasteiger partial charge on any atom is -0.399 e. The average Bonchev–Trinajstić information content (AvgIpc) is 2.49. The Morgan fingerprint density at radius 2 is 2.00 bits per heavy atom. The van der Waals surface area contributed by atoms with Gasteiger partial charge >= 0.3 is 0 Å². The van der Waals surface area contributed by atoms with Crippen molar-refractivity contribution in [2.75, 3.05) is 5.73 Å². The van der Waals surface area contributed by atoms with E-state index in [4.69, 9.17) is 22.1 Å². The summed E-state index contributed by atoms with van der Waals surface area (Å²) < 4.78 is 18.8. The molecule has 1 saturated heterocycles. The van der Waals surface area contributed by atoms with Gasteiger partial charge < -0.3 is 10.5 Å². The normalized spacial score (nSPS) is 26.3. The first-order valence-corrected chi connectivity index (χ1v) is 7.87. The van der Waals surface area contributed by atoms with Gasteiger partial charge in [0.2, 0.25) is 0 Å². The van der Waals surface area contributed by atoms with Gasteiger partial charge in [-0.1, -0.05) is 11.6 Å². The average molecular weight is 302 g/mol. The second-order valence-electron chi connectivity index (χ2n) is 6.15. The van der Waals surface area contributed by atoms with Gasteiger partial charge in [-0.15, -0.1) is 0 Å². The van der Waals surface area contributed by atoms with Crippen LogP contribution in [0.3, 0.4) is 0 Å². The molecule has 2 atom stereocenters. The van der Waals surface area contributed by atoms with Crippen LogP contribution in [0.1, 0.15) is 34.1 Å². The van der Waals surface area contributed by atoms with Gasteiger partial charge in [0, 0.05) is 5.69 Å². The lowest BCUT2D eigenvalue weighted by Gasteiger charge is -2.27. The lowest BCUT2D eigenvalue weighted by Crippen LogP contribution is -2.35. The van der Waals surface area contributed by atoms with Crippen molar-refractivity contribution in [1.29, 1.82) is 0 Å². The molecule has 0 aromatic heterocycles. The number of benzene rings is 1. The van der Waals surface area contributed by atoms with Crippen molar-refractivity contribution in [3.8, 4) is 0 Å². The highest BCUT2D eigenvalue weighted by molar-refractivity contribution is 7.86. The summed E-state index contributed by atoms with van der Waals surface area (Å²) in [5, 5.41) is 0.398. The first-order valence-electron chi connectivity index (χ1n) is 6.28. The predicted octanol–water partition coefficient (Wildman–Crippen LogP) is 3.38. The van der Waals surface area contributed by atoms with E-state index in [0.29, 0.717) is 15.6 Å². The molecule has 1 fully saturated rings. The molecule has 0 bridgehead atoms. The highest BCUT2D eigenvalue weighted by Crippen LogP contribution is 2.42. The number of nitrogen functional groups attached to an aromatic ring is 1. The van der Waals surface area contributed by atoms with Gasteiger partial charge in [-0.05, 0) is 52.3 Å². The Bertz CT molecular complexity index is 528. The standard InChI is InChI=1S/C14H20ClNO2S/c1-13(2)8-12(14(3,4)18-13)19(17)11-7-9(16)5-6-10(11)15/h5-7,12H,8,16H2,1-4H3. The summed E-state index contributed by atoms with van der Waals surface area (Å²) in [4.78, 5) is 0.598. The largest absolute Gasteiger partial charge is 0.399 e. The molecule has 1 aliphatic heterocycles. The van der Waals surface area contributed by atoms with E-state index in [1.54, 1.807) is 18.2 Å². The Balaban J connectivity index is 2.37. The second-order valence-corrected chi connectivity index (χ2v) is 8.16. The lowest BCUT2D eigenvalue weighted by atomic mass is 10.0. The molecule has 2 unspecified atom stereocenters. The number of rotatable bonds is 2. The fraction of sp³-hybridized carbons (Fsp3) is 0.571. The molecule has 0 saturated carbocycles. The Labute approximate surface area is 121 Å². The monoisotopic (exact) mass is 301 g/mol. The first kappa shape index (κ1) is 14.8. The maximum Gasteiger partial charge on any atom is 0.0781 e. The van der Waals surface area contributed by atoms with Crippen molar-refractivity contribution in [3.63, 3.8) is 0 Å². The van der Waals surface area contributed by atoms with E-state index in [2.05, 4.69) is 0 Å². The molecule has 0 amide bonds. The Kier molecular flexibility index (Phi) is 3.71. The molecule has 1 heterocycles. The van der Waals surface area contributed by atoms with Crippen LogP contribution in [0.2, 0.25) is 5.02 Å². The summed E-state index contributed by atoms with van der Waals surface area (Å²) in [6.07, 6.45) is 0.734. The molecule has 0 aliphatic carbocycles. The third-order valence-electron chi connectivity index (χ3n) is 3.42. The summed E-state index contributed by atoms with van der Waals surface area (Å²) >= 11 is 6.14. The first-order chi connectivity index (χ1) is 8.62. The fourth-order valence-electron chi connectivity index (χ4n) is 2.67. The van der Waals surface area contributed by atoms with Gasteiger partial charge in [-0.3, -0.25) is 4.21 Å². The van der Waals surface area contributed by atoms with E-state index in [0.717, 1.165) is 6.42 Å². The zero-order valence-electron chi connectivity index (χ0n) is 11.7. The zero-order chi connectivity index (χ0) is 14.4. The maximum absolute atomic E-state index is 12.8. The van der Waals surface area contributed by atoms with Crippen molar-refractivity contribution >= 4 is 28.1 Å². The molecule has 2 rings (SSSR count).